The van der Waals surface area contributed by atoms with Crippen LogP contribution in [-0.2, 0) is 0 Å². The van der Waals surface area contributed by atoms with Gasteiger partial charge in [0.1, 0.15) is 16.0 Å². The van der Waals surface area contributed by atoms with Gasteiger partial charge in [-0.3, -0.25) is 0 Å². The first kappa shape index (κ1) is 15.5. The highest BCUT2D eigenvalue weighted by atomic mass is 32.1. The molecule has 1 aromatic carbocycles. The second-order valence-electron chi connectivity index (χ2n) is 4.06. The van der Waals surface area contributed by atoms with Crippen LogP contribution in [0, 0.1) is 11.3 Å². The second kappa shape index (κ2) is 7.24. The van der Waals surface area contributed by atoms with Gasteiger partial charge in [-0.05, 0) is 23.8 Å². The molecule has 0 saturated carbocycles. The van der Waals surface area contributed by atoms with Crippen molar-refractivity contribution in [1.82, 2.24) is 4.98 Å². The van der Waals surface area contributed by atoms with Crippen molar-refractivity contribution in [3.05, 3.63) is 39.8 Å². The predicted molar refractivity (Wildman–Crippen MR) is 82.1 cm³/mol. The van der Waals surface area contributed by atoms with Crippen molar-refractivity contribution in [1.29, 1.82) is 5.26 Å². The molecule has 1 heterocycles. The minimum atomic E-state index is -0.988. The summed E-state index contributed by atoms with van der Waals surface area (Å²) in [6.45, 7) is -0.0529. The van der Waals surface area contributed by atoms with Gasteiger partial charge in [0, 0.05) is 0 Å². The average Bonchev–Trinajstić information content (AvgIpc) is 3.00. The summed E-state index contributed by atoms with van der Waals surface area (Å²) in [6.07, 6.45) is 4.84. The monoisotopic (exact) mass is 316 g/mol. The lowest BCUT2D eigenvalue weighted by Crippen LogP contribution is -1.96. The van der Waals surface area contributed by atoms with Gasteiger partial charge in [0.2, 0.25) is 0 Å². The van der Waals surface area contributed by atoms with Crippen molar-refractivity contribution in [2.45, 2.75) is 0 Å². The van der Waals surface area contributed by atoms with E-state index < -0.39 is 5.97 Å². The van der Waals surface area contributed by atoms with Crippen LogP contribution in [0.2, 0.25) is 0 Å². The lowest BCUT2D eigenvalue weighted by atomic mass is 10.2. The highest BCUT2D eigenvalue weighted by Gasteiger charge is 2.07. The van der Waals surface area contributed by atoms with Crippen molar-refractivity contribution in [3.63, 3.8) is 0 Å². The Balaban J connectivity index is 2.16. The molecule has 0 radical (unpaired) electrons. The Morgan fingerprint density at radius 2 is 2.27 bits per heavy atom. The molecular weight excluding hydrogens is 304 g/mol. The van der Waals surface area contributed by atoms with E-state index in [1.54, 1.807) is 30.4 Å². The summed E-state index contributed by atoms with van der Waals surface area (Å²) >= 11 is 1.09. The van der Waals surface area contributed by atoms with Crippen LogP contribution in [0.15, 0.2) is 24.4 Å². The highest BCUT2D eigenvalue weighted by Crippen LogP contribution is 2.29. The van der Waals surface area contributed by atoms with Gasteiger partial charge in [-0.15, -0.1) is 11.3 Å². The van der Waals surface area contributed by atoms with Crippen molar-refractivity contribution in [2.75, 3.05) is 13.7 Å². The lowest BCUT2D eigenvalue weighted by Gasteiger charge is -2.08. The summed E-state index contributed by atoms with van der Waals surface area (Å²) in [5, 5.41) is 18.0. The van der Waals surface area contributed by atoms with Gasteiger partial charge in [-0.25, -0.2) is 9.78 Å². The number of nitrogens with zero attached hydrogens (tertiary/aromatic N) is 2. The molecule has 0 amide bonds. The number of methoxy groups -OCH3 is 1. The van der Waals surface area contributed by atoms with Crippen LogP contribution < -0.4 is 9.47 Å². The van der Waals surface area contributed by atoms with Crippen LogP contribution in [0.1, 0.15) is 20.2 Å². The van der Waals surface area contributed by atoms with Gasteiger partial charge >= 0.3 is 5.97 Å². The lowest BCUT2D eigenvalue weighted by molar-refractivity contribution is 0.0702. The molecule has 0 bridgehead atoms. The van der Waals surface area contributed by atoms with E-state index in [0.717, 1.165) is 16.9 Å². The molecule has 0 aliphatic rings. The molecule has 1 aromatic heterocycles. The summed E-state index contributed by atoms with van der Waals surface area (Å²) in [4.78, 5) is 15.0. The number of carboxylic acid groups (broad SMARTS) is 1. The van der Waals surface area contributed by atoms with Crippen LogP contribution in [-0.4, -0.2) is 29.8 Å². The number of rotatable bonds is 6. The third kappa shape index (κ3) is 3.84. The fraction of sp³-hybridized carbons (Fsp3) is 0.133. The topological polar surface area (TPSA) is 92.4 Å². The first-order valence-corrected chi connectivity index (χ1v) is 7.00. The number of aromatic nitrogens is 1. The smallest absolute Gasteiger partial charge is 0.347 e. The first-order valence-electron chi connectivity index (χ1n) is 6.19. The van der Waals surface area contributed by atoms with Crippen LogP contribution in [0.25, 0.3) is 12.2 Å². The summed E-state index contributed by atoms with van der Waals surface area (Å²) in [5.41, 5.74) is 0.841. The molecule has 1 N–H and O–H groups in total. The van der Waals surface area contributed by atoms with Gasteiger partial charge in [0.25, 0.3) is 0 Å². The van der Waals surface area contributed by atoms with E-state index in [9.17, 15) is 4.79 Å². The molecule has 0 aliphatic carbocycles. The standard InChI is InChI=1S/C15H12N2O4S/c1-20-12-8-10(2-4-11(12)21-7-6-16)3-5-14-17-9-13(22-14)15(18)19/h2-5,8-9H,7H2,1H3,(H,18,19)/b5-3+. The Bertz CT molecular complexity index is 746. The normalized spacial score (nSPS) is 10.4. The van der Waals surface area contributed by atoms with Gasteiger partial charge in [-0.2, -0.15) is 5.26 Å². The Labute approximate surface area is 130 Å². The predicted octanol–water partition coefficient (Wildman–Crippen LogP) is 2.92. The average molecular weight is 316 g/mol. The molecule has 112 valence electrons. The molecule has 0 aliphatic heterocycles. The molecular formula is C15H12N2O4S. The van der Waals surface area contributed by atoms with E-state index in [-0.39, 0.29) is 11.5 Å². The number of carbonyl (C=O) groups is 1. The van der Waals surface area contributed by atoms with Crippen LogP contribution in [0.5, 0.6) is 11.5 Å². The Morgan fingerprint density at radius 1 is 1.45 bits per heavy atom. The van der Waals surface area contributed by atoms with Crippen molar-refractivity contribution < 1.29 is 19.4 Å². The van der Waals surface area contributed by atoms with Crippen LogP contribution in [0.4, 0.5) is 0 Å². The minimum absolute atomic E-state index is 0.0529. The number of ether oxygens (including phenoxy) is 2. The Hall–Kier alpha value is -2.85. The summed E-state index contributed by atoms with van der Waals surface area (Å²) in [5.74, 6) is 0.0178. The van der Waals surface area contributed by atoms with E-state index in [0.29, 0.717) is 16.5 Å². The van der Waals surface area contributed by atoms with E-state index in [4.69, 9.17) is 19.8 Å². The molecule has 0 saturated heterocycles. The molecule has 0 atom stereocenters. The van der Waals surface area contributed by atoms with Gasteiger partial charge in [0.15, 0.2) is 18.1 Å². The number of carboxylic acids is 1. The van der Waals surface area contributed by atoms with Gasteiger partial charge in [-0.1, -0.05) is 12.1 Å². The molecule has 0 unspecified atom stereocenters. The quantitative estimate of drug-likeness (QED) is 0.881. The van der Waals surface area contributed by atoms with Crippen LogP contribution >= 0.6 is 11.3 Å². The number of benzene rings is 1. The number of thiazole rings is 1. The zero-order chi connectivity index (χ0) is 15.9. The fourth-order valence-electron chi connectivity index (χ4n) is 1.65. The largest absolute Gasteiger partial charge is 0.493 e. The zero-order valence-electron chi connectivity index (χ0n) is 11.6. The third-order valence-corrected chi connectivity index (χ3v) is 3.58. The molecule has 2 aromatic rings. The number of nitriles is 1. The molecule has 0 spiro atoms. The number of aromatic carboxylic acids is 1. The van der Waals surface area contributed by atoms with Crippen molar-refractivity contribution in [2.24, 2.45) is 0 Å². The van der Waals surface area contributed by atoms with Crippen LogP contribution in [0.3, 0.4) is 0 Å². The molecule has 22 heavy (non-hydrogen) atoms. The Morgan fingerprint density at radius 3 is 2.91 bits per heavy atom. The van der Waals surface area contributed by atoms with E-state index in [1.165, 1.54) is 13.3 Å². The number of hydrogen-bond donors (Lipinski definition) is 1. The minimum Gasteiger partial charge on any atom is -0.493 e. The molecule has 2 rings (SSSR count). The maximum Gasteiger partial charge on any atom is 0.347 e. The molecule has 0 fully saturated rings. The maximum absolute atomic E-state index is 10.8. The summed E-state index contributed by atoms with van der Waals surface area (Å²) in [6, 6.07) is 7.16. The van der Waals surface area contributed by atoms with E-state index in [1.807, 2.05) is 6.07 Å². The SMILES string of the molecule is COc1cc(/C=C/c2ncc(C(=O)O)s2)ccc1OCC#N. The Kier molecular flexibility index (Phi) is 5.11. The number of hydrogen-bond acceptors (Lipinski definition) is 6. The van der Waals surface area contributed by atoms with Gasteiger partial charge < -0.3 is 14.6 Å². The van der Waals surface area contributed by atoms with Gasteiger partial charge in [0.05, 0.1) is 13.3 Å². The summed E-state index contributed by atoms with van der Waals surface area (Å²) < 4.78 is 10.5. The second-order valence-corrected chi connectivity index (χ2v) is 5.12. The zero-order valence-corrected chi connectivity index (χ0v) is 12.5. The fourth-order valence-corrected chi connectivity index (χ4v) is 2.31. The van der Waals surface area contributed by atoms with Crippen molar-refractivity contribution in [3.8, 4) is 17.6 Å². The maximum atomic E-state index is 10.8. The molecule has 7 heteroatoms. The van der Waals surface area contributed by atoms with Crippen molar-refractivity contribution >= 4 is 29.5 Å². The van der Waals surface area contributed by atoms with E-state index in [2.05, 4.69) is 4.98 Å². The van der Waals surface area contributed by atoms with E-state index >= 15 is 0 Å². The summed E-state index contributed by atoms with van der Waals surface area (Å²) in [7, 11) is 1.52. The molecule has 6 nitrogen and oxygen atoms in total. The third-order valence-electron chi connectivity index (χ3n) is 2.63. The highest BCUT2D eigenvalue weighted by molar-refractivity contribution is 7.14. The first-order chi connectivity index (χ1) is 10.6.